The van der Waals surface area contributed by atoms with Gasteiger partial charge in [0, 0.05) is 17.3 Å². The number of nitrogens with one attached hydrogen (secondary N) is 2. The van der Waals surface area contributed by atoms with Crippen molar-refractivity contribution in [2.45, 2.75) is 6.43 Å². The number of carbonyl (C=O) groups excluding carboxylic acids is 1. The number of hydrogen-bond donors (Lipinski definition) is 2. The van der Waals surface area contributed by atoms with Gasteiger partial charge in [-0.3, -0.25) is 9.89 Å². The van der Waals surface area contributed by atoms with E-state index in [1.54, 1.807) is 24.4 Å². The van der Waals surface area contributed by atoms with Crippen molar-refractivity contribution < 1.29 is 18.3 Å². The first-order valence-electron chi connectivity index (χ1n) is 6.74. The van der Waals surface area contributed by atoms with Crippen molar-refractivity contribution in [3.63, 3.8) is 0 Å². The monoisotopic (exact) mass is 318 g/mol. The number of hydrogen-bond acceptors (Lipinski definition) is 4. The van der Waals surface area contributed by atoms with Crippen LogP contribution in [0.1, 0.15) is 10.4 Å². The number of nitrogens with zero attached hydrogens (tertiary/aromatic N) is 2. The second-order valence-electron chi connectivity index (χ2n) is 4.68. The third kappa shape index (κ3) is 3.42. The maximum absolute atomic E-state index is 12.3. The lowest BCUT2D eigenvalue weighted by atomic mass is 10.2. The Bertz CT molecular complexity index is 835. The molecule has 1 aromatic carbocycles. The Kier molecular flexibility index (Phi) is 4.13. The number of benzene rings is 1. The lowest BCUT2D eigenvalue weighted by Gasteiger charge is -2.10. The van der Waals surface area contributed by atoms with Gasteiger partial charge >= 0.3 is 0 Å². The third-order valence-electron chi connectivity index (χ3n) is 3.06. The van der Waals surface area contributed by atoms with Gasteiger partial charge in [0.25, 0.3) is 12.3 Å². The van der Waals surface area contributed by atoms with Gasteiger partial charge in [0.2, 0.25) is 5.88 Å². The highest BCUT2D eigenvalue weighted by Gasteiger charge is 2.15. The highest BCUT2D eigenvalue weighted by molar-refractivity contribution is 6.06. The summed E-state index contributed by atoms with van der Waals surface area (Å²) in [7, 11) is 0. The summed E-state index contributed by atoms with van der Waals surface area (Å²) in [4.78, 5) is 16.1. The average Bonchev–Trinajstić information content (AvgIpc) is 3.00. The van der Waals surface area contributed by atoms with Crippen molar-refractivity contribution in [3.05, 3.63) is 48.3 Å². The summed E-state index contributed by atoms with van der Waals surface area (Å²) in [5.74, 6) is -0.625. The van der Waals surface area contributed by atoms with Gasteiger partial charge < -0.3 is 10.1 Å². The Morgan fingerprint density at radius 2 is 2.22 bits per heavy atom. The van der Waals surface area contributed by atoms with Crippen molar-refractivity contribution in [3.8, 4) is 5.88 Å². The maximum atomic E-state index is 12.3. The number of halogens is 2. The van der Waals surface area contributed by atoms with Crippen LogP contribution in [-0.2, 0) is 0 Å². The number of pyridine rings is 1. The summed E-state index contributed by atoms with van der Waals surface area (Å²) in [6.45, 7) is -0.821. The van der Waals surface area contributed by atoms with E-state index in [0.29, 0.717) is 5.69 Å². The molecule has 0 atom stereocenters. The van der Waals surface area contributed by atoms with Gasteiger partial charge in [0.05, 0.1) is 11.7 Å². The Hall–Kier alpha value is -3.03. The van der Waals surface area contributed by atoms with Crippen LogP contribution in [0.25, 0.3) is 10.9 Å². The number of aromatic amines is 1. The minimum atomic E-state index is -2.64. The first kappa shape index (κ1) is 14.9. The lowest BCUT2D eigenvalue weighted by molar-refractivity contribution is 0.0780. The highest BCUT2D eigenvalue weighted by Crippen LogP contribution is 2.20. The molecular weight excluding hydrogens is 306 g/mol. The number of anilines is 1. The minimum Gasteiger partial charge on any atom is -0.471 e. The van der Waals surface area contributed by atoms with E-state index in [-0.39, 0.29) is 11.4 Å². The fourth-order valence-corrected chi connectivity index (χ4v) is 2.04. The first-order valence-corrected chi connectivity index (χ1v) is 6.74. The molecule has 2 aromatic heterocycles. The molecule has 0 fully saturated rings. The predicted molar refractivity (Wildman–Crippen MR) is 79.8 cm³/mol. The fourth-order valence-electron chi connectivity index (χ4n) is 2.04. The van der Waals surface area contributed by atoms with Gasteiger partial charge in [-0.1, -0.05) is 0 Å². The van der Waals surface area contributed by atoms with Crippen LogP contribution in [0.15, 0.2) is 42.7 Å². The lowest BCUT2D eigenvalue weighted by Crippen LogP contribution is -2.16. The van der Waals surface area contributed by atoms with Crippen LogP contribution in [0.5, 0.6) is 5.88 Å². The standard InChI is InChI=1S/C15H12F2N4O2/c16-13(17)8-23-15-11(2-1-5-18-15)14(22)20-10-3-4-12-9(6-10)7-19-21-12/h1-7,13H,8H2,(H,19,21)(H,20,22). The summed E-state index contributed by atoms with van der Waals surface area (Å²) in [5.41, 5.74) is 1.47. The van der Waals surface area contributed by atoms with Crippen LogP contribution in [0.3, 0.4) is 0 Å². The second-order valence-corrected chi connectivity index (χ2v) is 4.68. The average molecular weight is 318 g/mol. The number of rotatable bonds is 5. The largest absolute Gasteiger partial charge is 0.471 e. The molecule has 2 N–H and O–H groups in total. The Morgan fingerprint density at radius 1 is 1.35 bits per heavy atom. The topological polar surface area (TPSA) is 79.9 Å². The van der Waals surface area contributed by atoms with E-state index in [9.17, 15) is 13.6 Å². The molecule has 0 bridgehead atoms. The molecule has 118 valence electrons. The minimum absolute atomic E-state index is 0.0837. The summed E-state index contributed by atoms with van der Waals surface area (Å²) >= 11 is 0. The van der Waals surface area contributed by atoms with Crippen LogP contribution in [0, 0.1) is 0 Å². The number of carbonyl (C=O) groups is 1. The quantitative estimate of drug-likeness (QED) is 0.758. The van der Waals surface area contributed by atoms with Crippen LogP contribution in [0.2, 0.25) is 0 Å². The Balaban J connectivity index is 1.79. The van der Waals surface area contributed by atoms with Crippen molar-refractivity contribution in [2.24, 2.45) is 0 Å². The van der Waals surface area contributed by atoms with Crippen LogP contribution >= 0.6 is 0 Å². The van der Waals surface area contributed by atoms with E-state index >= 15 is 0 Å². The van der Waals surface area contributed by atoms with E-state index in [2.05, 4.69) is 20.5 Å². The molecule has 3 rings (SSSR count). The van der Waals surface area contributed by atoms with Crippen LogP contribution in [0.4, 0.5) is 14.5 Å². The normalized spacial score (nSPS) is 10.9. The second kappa shape index (κ2) is 6.39. The van der Waals surface area contributed by atoms with Gasteiger partial charge in [-0.05, 0) is 30.3 Å². The number of alkyl halides is 2. The van der Waals surface area contributed by atoms with Crippen molar-refractivity contribution >= 4 is 22.5 Å². The van der Waals surface area contributed by atoms with Crippen LogP contribution < -0.4 is 10.1 Å². The molecule has 0 aliphatic rings. The van der Waals surface area contributed by atoms with Gasteiger partial charge in [0.1, 0.15) is 5.56 Å². The van der Waals surface area contributed by atoms with Crippen molar-refractivity contribution in [2.75, 3.05) is 11.9 Å². The molecule has 0 saturated carbocycles. The molecule has 6 nitrogen and oxygen atoms in total. The molecule has 0 radical (unpaired) electrons. The summed E-state index contributed by atoms with van der Waals surface area (Å²) in [6.07, 6.45) is 0.359. The fraction of sp³-hybridized carbons (Fsp3) is 0.133. The van der Waals surface area contributed by atoms with E-state index in [4.69, 9.17) is 4.74 Å². The van der Waals surface area contributed by atoms with Gasteiger partial charge in [0.15, 0.2) is 6.61 Å². The Labute approximate surface area is 129 Å². The van der Waals surface area contributed by atoms with Gasteiger partial charge in [-0.15, -0.1) is 0 Å². The maximum Gasteiger partial charge on any atom is 0.272 e. The van der Waals surface area contributed by atoms with Crippen molar-refractivity contribution in [1.29, 1.82) is 0 Å². The van der Waals surface area contributed by atoms with E-state index in [1.165, 1.54) is 18.3 Å². The summed E-state index contributed by atoms with van der Waals surface area (Å²) in [6, 6.07) is 8.21. The molecule has 0 aliphatic heterocycles. The van der Waals surface area contributed by atoms with Gasteiger partial charge in [-0.25, -0.2) is 13.8 Å². The zero-order valence-electron chi connectivity index (χ0n) is 11.8. The molecule has 8 heteroatoms. The molecule has 23 heavy (non-hydrogen) atoms. The number of fused-ring (bicyclic) bond motifs is 1. The smallest absolute Gasteiger partial charge is 0.272 e. The molecule has 1 amide bonds. The van der Waals surface area contributed by atoms with E-state index < -0.39 is 18.9 Å². The SMILES string of the molecule is O=C(Nc1ccc2[nH]ncc2c1)c1cccnc1OCC(F)F. The molecule has 0 aliphatic carbocycles. The highest BCUT2D eigenvalue weighted by atomic mass is 19.3. The molecule has 2 heterocycles. The zero-order chi connectivity index (χ0) is 16.2. The molecule has 0 spiro atoms. The number of amides is 1. The number of aromatic nitrogens is 3. The summed E-state index contributed by atoms with van der Waals surface area (Å²) < 4.78 is 29.4. The van der Waals surface area contributed by atoms with Gasteiger partial charge in [-0.2, -0.15) is 5.10 Å². The van der Waals surface area contributed by atoms with Crippen molar-refractivity contribution in [1.82, 2.24) is 15.2 Å². The Morgan fingerprint density at radius 3 is 3.04 bits per heavy atom. The van der Waals surface area contributed by atoms with E-state index in [0.717, 1.165) is 10.9 Å². The molecule has 3 aromatic rings. The third-order valence-corrected chi connectivity index (χ3v) is 3.06. The number of H-pyrrole nitrogens is 1. The number of ether oxygens (including phenoxy) is 1. The summed E-state index contributed by atoms with van der Waals surface area (Å²) in [5, 5.41) is 10.2. The van der Waals surface area contributed by atoms with E-state index in [1.807, 2.05) is 0 Å². The van der Waals surface area contributed by atoms with Crippen LogP contribution in [-0.4, -0.2) is 34.1 Å². The predicted octanol–water partition coefficient (Wildman–Crippen LogP) is 2.85. The molecule has 0 saturated heterocycles. The molecular formula is C15H12F2N4O2. The first-order chi connectivity index (χ1) is 11.1. The molecule has 0 unspecified atom stereocenters. The zero-order valence-corrected chi connectivity index (χ0v) is 11.8.